The van der Waals surface area contributed by atoms with Crippen LogP contribution in [0.4, 0.5) is 0 Å². The molecule has 2 fully saturated rings. The monoisotopic (exact) mass is 568 g/mol. The SMILES string of the molecule is C=CCOc1ccc(C(O)=C2C(=O)C(=O)N(CCCN3CCOCC3)[C@@H]2c2cccc(Oc3ccccc3)c2)cc1C. The fraction of sp³-hybridized carbons (Fsp3) is 0.294. The lowest BCUT2D eigenvalue weighted by Crippen LogP contribution is -2.38. The van der Waals surface area contributed by atoms with E-state index in [1.54, 1.807) is 29.2 Å². The van der Waals surface area contributed by atoms with Gasteiger partial charge < -0.3 is 24.2 Å². The fourth-order valence-electron chi connectivity index (χ4n) is 5.38. The van der Waals surface area contributed by atoms with E-state index in [1.807, 2.05) is 61.5 Å². The molecule has 0 aliphatic carbocycles. The smallest absolute Gasteiger partial charge is 0.295 e. The van der Waals surface area contributed by atoms with Crippen LogP contribution in [0.15, 0.2) is 91.0 Å². The molecule has 0 unspecified atom stereocenters. The molecule has 8 nitrogen and oxygen atoms in total. The number of ether oxygens (including phenoxy) is 3. The lowest BCUT2D eigenvalue weighted by Gasteiger charge is -2.29. The van der Waals surface area contributed by atoms with Crippen LogP contribution in [0.25, 0.3) is 5.76 Å². The van der Waals surface area contributed by atoms with Crippen molar-refractivity contribution in [3.8, 4) is 17.2 Å². The maximum absolute atomic E-state index is 13.5. The summed E-state index contributed by atoms with van der Waals surface area (Å²) in [6, 6.07) is 21.2. The minimum absolute atomic E-state index is 0.0578. The quantitative estimate of drug-likeness (QED) is 0.142. The number of Topliss-reactive ketones (excluding diaryl/α,β-unsaturated/α-hetero) is 1. The number of para-hydroxylation sites is 1. The number of carbonyl (C=O) groups excluding carboxylic acids is 2. The van der Waals surface area contributed by atoms with Crippen molar-refractivity contribution in [2.24, 2.45) is 0 Å². The predicted octanol–water partition coefficient (Wildman–Crippen LogP) is 5.50. The third-order valence-electron chi connectivity index (χ3n) is 7.47. The molecule has 0 saturated carbocycles. The molecule has 0 bridgehead atoms. The number of likely N-dealkylation sites (tertiary alicyclic amines) is 1. The molecule has 2 heterocycles. The number of aliphatic hydroxyl groups is 1. The van der Waals surface area contributed by atoms with Gasteiger partial charge in [0.1, 0.15) is 29.6 Å². The third-order valence-corrected chi connectivity index (χ3v) is 7.47. The predicted molar refractivity (Wildman–Crippen MR) is 161 cm³/mol. The zero-order valence-electron chi connectivity index (χ0n) is 23.8. The van der Waals surface area contributed by atoms with E-state index in [0.717, 1.165) is 25.2 Å². The van der Waals surface area contributed by atoms with Crippen LogP contribution in [0, 0.1) is 6.92 Å². The Morgan fingerprint density at radius 2 is 1.76 bits per heavy atom. The molecule has 2 saturated heterocycles. The van der Waals surface area contributed by atoms with Gasteiger partial charge in [0.25, 0.3) is 11.7 Å². The average molecular weight is 569 g/mol. The Morgan fingerprint density at radius 3 is 2.50 bits per heavy atom. The van der Waals surface area contributed by atoms with Crippen LogP contribution >= 0.6 is 0 Å². The molecular weight excluding hydrogens is 532 g/mol. The molecule has 1 amide bonds. The lowest BCUT2D eigenvalue weighted by atomic mass is 9.94. The molecule has 5 rings (SSSR count). The molecule has 1 N–H and O–H groups in total. The number of hydrogen-bond donors (Lipinski definition) is 1. The molecule has 3 aromatic rings. The first-order valence-electron chi connectivity index (χ1n) is 14.2. The molecule has 42 heavy (non-hydrogen) atoms. The molecule has 8 heteroatoms. The van der Waals surface area contributed by atoms with E-state index in [2.05, 4.69) is 11.5 Å². The zero-order chi connectivity index (χ0) is 29.5. The molecule has 3 aromatic carbocycles. The van der Waals surface area contributed by atoms with Crippen molar-refractivity contribution in [2.45, 2.75) is 19.4 Å². The van der Waals surface area contributed by atoms with Gasteiger partial charge in [-0.25, -0.2) is 0 Å². The highest BCUT2D eigenvalue weighted by atomic mass is 16.5. The number of amides is 1. The summed E-state index contributed by atoms with van der Waals surface area (Å²) in [5.41, 5.74) is 1.96. The molecule has 2 aliphatic rings. The zero-order valence-corrected chi connectivity index (χ0v) is 23.8. The summed E-state index contributed by atoms with van der Waals surface area (Å²) in [6.45, 7) is 10.1. The Morgan fingerprint density at radius 1 is 1.00 bits per heavy atom. The van der Waals surface area contributed by atoms with Crippen molar-refractivity contribution >= 4 is 17.4 Å². The van der Waals surface area contributed by atoms with E-state index in [0.29, 0.717) is 61.2 Å². The molecule has 218 valence electrons. The third kappa shape index (κ3) is 6.56. The van der Waals surface area contributed by atoms with Gasteiger partial charge in [-0.3, -0.25) is 14.5 Å². The largest absolute Gasteiger partial charge is 0.507 e. The van der Waals surface area contributed by atoms with Crippen molar-refractivity contribution in [1.82, 2.24) is 9.80 Å². The Balaban J connectivity index is 1.50. The van der Waals surface area contributed by atoms with Crippen LogP contribution < -0.4 is 9.47 Å². The summed E-state index contributed by atoms with van der Waals surface area (Å²) >= 11 is 0. The summed E-state index contributed by atoms with van der Waals surface area (Å²) in [6.07, 6.45) is 2.34. The summed E-state index contributed by atoms with van der Waals surface area (Å²) < 4.78 is 17.2. The highest BCUT2D eigenvalue weighted by Crippen LogP contribution is 2.41. The minimum atomic E-state index is -0.772. The maximum atomic E-state index is 13.5. The van der Waals surface area contributed by atoms with Crippen molar-refractivity contribution < 1.29 is 28.9 Å². The van der Waals surface area contributed by atoms with Gasteiger partial charge in [-0.2, -0.15) is 0 Å². The van der Waals surface area contributed by atoms with Crippen LogP contribution in [0.2, 0.25) is 0 Å². The number of rotatable bonds is 11. The van der Waals surface area contributed by atoms with Gasteiger partial charge in [-0.1, -0.05) is 43.0 Å². The van der Waals surface area contributed by atoms with E-state index < -0.39 is 17.7 Å². The van der Waals surface area contributed by atoms with E-state index in [9.17, 15) is 14.7 Å². The number of aryl methyl sites for hydroxylation is 1. The minimum Gasteiger partial charge on any atom is -0.507 e. The summed E-state index contributed by atoms with van der Waals surface area (Å²) in [5, 5.41) is 11.6. The van der Waals surface area contributed by atoms with Crippen LogP contribution in [-0.2, 0) is 14.3 Å². The highest BCUT2D eigenvalue weighted by Gasteiger charge is 2.46. The molecule has 2 aliphatic heterocycles. The average Bonchev–Trinajstić information content (AvgIpc) is 3.26. The Bertz CT molecular complexity index is 1460. The fourth-order valence-corrected chi connectivity index (χ4v) is 5.38. The number of ketones is 1. The van der Waals surface area contributed by atoms with Crippen LogP contribution in [0.3, 0.4) is 0 Å². The lowest BCUT2D eigenvalue weighted by molar-refractivity contribution is -0.140. The number of morpholine rings is 1. The van der Waals surface area contributed by atoms with Gasteiger partial charge in [0.2, 0.25) is 0 Å². The number of nitrogens with zero attached hydrogens (tertiary/aromatic N) is 2. The van der Waals surface area contributed by atoms with E-state index >= 15 is 0 Å². The normalized spacial score (nSPS) is 18.7. The first-order chi connectivity index (χ1) is 20.5. The van der Waals surface area contributed by atoms with Gasteiger partial charge in [-0.05, 0) is 66.9 Å². The van der Waals surface area contributed by atoms with Crippen LogP contribution in [0.1, 0.15) is 29.2 Å². The first-order valence-corrected chi connectivity index (χ1v) is 14.2. The molecule has 0 spiro atoms. The summed E-state index contributed by atoms with van der Waals surface area (Å²) in [4.78, 5) is 30.9. The number of hydrogen-bond acceptors (Lipinski definition) is 7. The number of carbonyl (C=O) groups is 2. The Labute approximate surface area is 246 Å². The molecule has 0 radical (unpaired) electrons. The second-order valence-corrected chi connectivity index (χ2v) is 10.4. The second-order valence-electron chi connectivity index (χ2n) is 10.4. The summed E-state index contributed by atoms with van der Waals surface area (Å²) in [5.74, 6) is 0.336. The maximum Gasteiger partial charge on any atom is 0.295 e. The van der Waals surface area contributed by atoms with Crippen molar-refractivity contribution in [1.29, 1.82) is 0 Å². The van der Waals surface area contributed by atoms with E-state index in [1.165, 1.54) is 0 Å². The van der Waals surface area contributed by atoms with Crippen LogP contribution in [0.5, 0.6) is 17.2 Å². The van der Waals surface area contributed by atoms with Crippen LogP contribution in [-0.4, -0.2) is 72.6 Å². The number of aliphatic hydroxyl groups excluding tert-OH is 1. The van der Waals surface area contributed by atoms with Gasteiger partial charge in [0.15, 0.2) is 0 Å². The topological polar surface area (TPSA) is 88.5 Å². The molecular formula is C34H36N2O6. The number of benzene rings is 3. The molecule has 0 aromatic heterocycles. The highest BCUT2D eigenvalue weighted by molar-refractivity contribution is 6.46. The van der Waals surface area contributed by atoms with Crippen molar-refractivity contribution in [2.75, 3.05) is 46.0 Å². The van der Waals surface area contributed by atoms with Gasteiger partial charge in [-0.15, -0.1) is 0 Å². The Kier molecular flexibility index (Phi) is 9.36. The van der Waals surface area contributed by atoms with E-state index in [-0.39, 0.29) is 11.3 Å². The molecule has 1 atom stereocenters. The standard InChI is InChI=1S/C34H36N2O6/c1-3-19-41-29-14-13-26(22-24(29)2)32(37)30-31(25-9-7-12-28(23-25)42-27-10-5-4-6-11-27)36(34(39)33(30)38)16-8-15-35-17-20-40-21-18-35/h3-7,9-14,22-23,31,37H,1,8,15-21H2,2H3/t31-/m1/s1. The van der Waals surface area contributed by atoms with Gasteiger partial charge in [0.05, 0.1) is 24.8 Å². The van der Waals surface area contributed by atoms with Crippen molar-refractivity contribution in [3.63, 3.8) is 0 Å². The van der Waals surface area contributed by atoms with Gasteiger partial charge >= 0.3 is 0 Å². The Hall–Kier alpha value is -4.40. The summed E-state index contributed by atoms with van der Waals surface area (Å²) in [7, 11) is 0. The first kappa shape index (κ1) is 29.1. The van der Waals surface area contributed by atoms with E-state index in [4.69, 9.17) is 14.2 Å². The second kappa shape index (κ2) is 13.5. The van der Waals surface area contributed by atoms with Gasteiger partial charge in [0, 0.05) is 31.7 Å². The van der Waals surface area contributed by atoms with Crippen molar-refractivity contribution in [3.05, 3.63) is 108 Å².